The van der Waals surface area contributed by atoms with E-state index in [2.05, 4.69) is 4.98 Å². The molecule has 0 unspecified atom stereocenters. The summed E-state index contributed by atoms with van der Waals surface area (Å²) in [5.41, 5.74) is 2.45. The van der Waals surface area contributed by atoms with Crippen LogP contribution in [-0.2, 0) is 9.84 Å². The number of nitrogens with one attached hydrogen (secondary N) is 1. The summed E-state index contributed by atoms with van der Waals surface area (Å²) in [5, 5.41) is 8.84. The van der Waals surface area contributed by atoms with Crippen LogP contribution in [0.2, 0.25) is 0 Å². The van der Waals surface area contributed by atoms with Crippen molar-refractivity contribution in [2.45, 2.75) is 9.92 Å². The van der Waals surface area contributed by atoms with Crippen LogP contribution in [0.25, 0.3) is 0 Å². The fourth-order valence-electron chi connectivity index (χ4n) is 2.86. The number of benzene rings is 2. The number of sulfone groups is 1. The minimum absolute atomic E-state index is 0.0630. The molecule has 0 aliphatic carbocycles. The first kappa shape index (κ1) is 20.3. The van der Waals surface area contributed by atoms with Crippen molar-refractivity contribution in [1.29, 1.82) is 0 Å². The minimum atomic E-state index is -3.94. The summed E-state index contributed by atoms with van der Waals surface area (Å²) in [6.07, 6.45) is 1.39. The molecule has 3 aromatic rings. The van der Waals surface area contributed by atoms with E-state index in [-0.39, 0.29) is 21.2 Å². The number of nitrogens with zero attached hydrogens (tertiary/aromatic N) is 2. The maximum atomic E-state index is 13.2. The Kier molecular flexibility index (Phi) is 5.81. The second-order valence-corrected chi connectivity index (χ2v) is 7.89. The first-order chi connectivity index (χ1) is 13.9. The topological polar surface area (TPSA) is 109 Å². The van der Waals surface area contributed by atoms with Gasteiger partial charge < -0.3 is 9.64 Å². The number of pyridine rings is 1. The van der Waals surface area contributed by atoms with Gasteiger partial charge in [0.25, 0.3) is 5.91 Å². The van der Waals surface area contributed by atoms with Gasteiger partial charge >= 0.3 is 0 Å². The van der Waals surface area contributed by atoms with Crippen molar-refractivity contribution < 1.29 is 23.2 Å². The zero-order valence-corrected chi connectivity index (χ0v) is 16.6. The Labute approximate surface area is 168 Å². The lowest BCUT2D eigenvalue weighted by atomic mass is 10.1. The van der Waals surface area contributed by atoms with Gasteiger partial charge in [-0.1, -0.05) is 12.1 Å². The molecule has 0 spiro atoms. The van der Waals surface area contributed by atoms with Crippen molar-refractivity contribution in [2.75, 3.05) is 19.1 Å². The predicted octanol–water partition coefficient (Wildman–Crippen LogP) is 2.81. The fraction of sp³-hybridized carbons (Fsp3) is 0.100. The molecule has 0 saturated heterocycles. The maximum Gasteiger partial charge on any atom is 0.276 e. The number of methoxy groups -OCH3 is 1. The number of hydroxylamine groups is 1. The van der Waals surface area contributed by atoms with Crippen molar-refractivity contribution in [3.8, 4) is 5.75 Å². The maximum absolute atomic E-state index is 13.2. The Hall–Kier alpha value is -3.43. The summed E-state index contributed by atoms with van der Waals surface area (Å²) in [4.78, 5) is 17.7. The van der Waals surface area contributed by atoms with Crippen LogP contribution in [-0.4, -0.2) is 38.7 Å². The molecule has 0 atom stereocenters. The predicted molar refractivity (Wildman–Crippen MR) is 106 cm³/mol. The molecule has 1 amide bonds. The number of hydrogen-bond acceptors (Lipinski definition) is 7. The Bertz CT molecular complexity index is 1130. The molecule has 0 radical (unpaired) electrons. The molecular weight excluding hydrogens is 394 g/mol. The number of hydrogen-bond donors (Lipinski definition) is 2. The van der Waals surface area contributed by atoms with Gasteiger partial charge in [-0.25, -0.2) is 18.9 Å². The zero-order chi connectivity index (χ0) is 21.0. The molecule has 1 aromatic heterocycles. The van der Waals surface area contributed by atoms with E-state index in [0.717, 1.165) is 0 Å². The number of rotatable bonds is 6. The van der Waals surface area contributed by atoms with Crippen molar-refractivity contribution in [2.24, 2.45) is 0 Å². The molecule has 2 aromatic carbocycles. The van der Waals surface area contributed by atoms with E-state index >= 15 is 0 Å². The second-order valence-electron chi connectivity index (χ2n) is 6.02. The summed E-state index contributed by atoms with van der Waals surface area (Å²) < 4.78 is 31.5. The molecule has 0 bridgehead atoms. The van der Waals surface area contributed by atoms with Gasteiger partial charge in [0, 0.05) is 13.2 Å². The standard InChI is InChI=1S/C20H19N3O5S/c1-23(17-7-4-3-6-16(17)19(24)22-25)18-8-5-13-21-20(18)29(26,27)15-11-9-14(28-2)10-12-15/h3-13,25H,1-2H3,(H,22,24). The fourth-order valence-corrected chi connectivity index (χ4v) is 4.26. The quantitative estimate of drug-likeness (QED) is 0.472. The number of carbonyl (C=O) groups excluding carboxylic acids is 1. The summed E-state index contributed by atoms with van der Waals surface area (Å²) in [7, 11) is -0.831. The first-order valence-electron chi connectivity index (χ1n) is 8.51. The molecule has 1 heterocycles. The minimum Gasteiger partial charge on any atom is -0.497 e. The lowest BCUT2D eigenvalue weighted by molar-refractivity contribution is 0.0707. The number of carbonyl (C=O) groups is 1. The van der Waals surface area contributed by atoms with Crippen LogP contribution >= 0.6 is 0 Å². The van der Waals surface area contributed by atoms with Crippen LogP contribution in [0.15, 0.2) is 76.8 Å². The average molecular weight is 413 g/mol. The third kappa shape index (κ3) is 3.91. The number of para-hydroxylation sites is 1. The van der Waals surface area contributed by atoms with Crippen LogP contribution < -0.4 is 15.1 Å². The van der Waals surface area contributed by atoms with E-state index in [4.69, 9.17) is 9.94 Å². The highest BCUT2D eigenvalue weighted by Gasteiger charge is 2.26. The molecule has 0 aliphatic rings. The number of anilines is 2. The van der Waals surface area contributed by atoms with Crippen LogP contribution in [0.4, 0.5) is 11.4 Å². The summed E-state index contributed by atoms with van der Waals surface area (Å²) in [6, 6.07) is 15.7. The third-order valence-corrected chi connectivity index (χ3v) is 6.06. The number of ether oxygens (including phenoxy) is 1. The monoisotopic (exact) mass is 413 g/mol. The molecule has 2 N–H and O–H groups in total. The third-order valence-electron chi connectivity index (χ3n) is 4.35. The molecule has 0 fully saturated rings. The Morgan fingerprint density at radius 1 is 1.03 bits per heavy atom. The zero-order valence-electron chi connectivity index (χ0n) is 15.7. The van der Waals surface area contributed by atoms with Gasteiger partial charge in [0.1, 0.15) is 5.75 Å². The van der Waals surface area contributed by atoms with Crippen molar-refractivity contribution in [1.82, 2.24) is 10.5 Å². The number of aromatic nitrogens is 1. The van der Waals surface area contributed by atoms with E-state index in [1.807, 2.05) is 0 Å². The van der Waals surface area contributed by atoms with Crippen molar-refractivity contribution >= 4 is 27.1 Å². The van der Waals surface area contributed by atoms with Crippen LogP contribution in [0, 0.1) is 0 Å². The Balaban J connectivity index is 2.11. The molecular formula is C20H19N3O5S. The molecule has 150 valence electrons. The normalized spacial score (nSPS) is 11.0. The molecule has 9 heteroatoms. The van der Waals surface area contributed by atoms with E-state index in [0.29, 0.717) is 11.4 Å². The van der Waals surface area contributed by atoms with Crippen molar-refractivity contribution in [3.63, 3.8) is 0 Å². The van der Waals surface area contributed by atoms with Gasteiger partial charge in [-0.05, 0) is 48.5 Å². The second kappa shape index (κ2) is 8.29. The van der Waals surface area contributed by atoms with E-state index in [9.17, 15) is 13.2 Å². The Morgan fingerprint density at radius 3 is 2.34 bits per heavy atom. The van der Waals surface area contributed by atoms with Gasteiger partial charge in [0.05, 0.1) is 28.9 Å². The first-order valence-corrected chi connectivity index (χ1v) is 10.00. The van der Waals surface area contributed by atoms with E-state index in [1.165, 1.54) is 36.4 Å². The van der Waals surface area contributed by atoms with Gasteiger partial charge in [-0.15, -0.1) is 0 Å². The van der Waals surface area contributed by atoms with Gasteiger partial charge in [0.15, 0.2) is 5.03 Å². The number of amides is 1. The summed E-state index contributed by atoms with van der Waals surface area (Å²) in [5.74, 6) is -0.179. The molecule has 0 saturated carbocycles. The van der Waals surface area contributed by atoms with E-state index in [1.54, 1.807) is 55.0 Å². The van der Waals surface area contributed by atoms with Crippen LogP contribution in [0.1, 0.15) is 10.4 Å². The summed E-state index contributed by atoms with van der Waals surface area (Å²) >= 11 is 0. The SMILES string of the molecule is COc1ccc(S(=O)(=O)c2ncccc2N(C)c2ccccc2C(=O)NO)cc1. The smallest absolute Gasteiger partial charge is 0.276 e. The largest absolute Gasteiger partial charge is 0.497 e. The van der Waals surface area contributed by atoms with Crippen LogP contribution in [0.5, 0.6) is 5.75 Å². The van der Waals surface area contributed by atoms with Gasteiger partial charge in [-0.3, -0.25) is 10.0 Å². The molecule has 3 rings (SSSR count). The lowest BCUT2D eigenvalue weighted by Gasteiger charge is -2.23. The molecule has 8 nitrogen and oxygen atoms in total. The molecule has 29 heavy (non-hydrogen) atoms. The summed E-state index contributed by atoms with van der Waals surface area (Å²) in [6.45, 7) is 0. The van der Waals surface area contributed by atoms with E-state index < -0.39 is 15.7 Å². The van der Waals surface area contributed by atoms with Crippen molar-refractivity contribution in [3.05, 3.63) is 72.4 Å². The average Bonchev–Trinajstić information content (AvgIpc) is 2.78. The highest BCUT2D eigenvalue weighted by Crippen LogP contribution is 2.33. The van der Waals surface area contributed by atoms with Crippen LogP contribution in [0.3, 0.4) is 0 Å². The Morgan fingerprint density at radius 2 is 1.69 bits per heavy atom. The molecule has 0 aliphatic heterocycles. The lowest BCUT2D eigenvalue weighted by Crippen LogP contribution is -2.23. The highest BCUT2D eigenvalue weighted by atomic mass is 32.2. The van der Waals surface area contributed by atoms with Gasteiger partial charge in [-0.2, -0.15) is 0 Å². The van der Waals surface area contributed by atoms with Gasteiger partial charge in [0.2, 0.25) is 9.84 Å². The highest BCUT2D eigenvalue weighted by molar-refractivity contribution is 7.91.